The van der Waals surface area contributed by atoms with Gasteiger partial charge in [0.1, 0.15) is 17.3 Å². The Bertz CT molecular complexity index is 882. The molecule has 1 aliphatic rings. The van der Waals surface area contributed by atoms with E-state index < -0.39 is 0 Å². The first-order valence-corrected chi connectivity index (χ1v) is 8.46. The third-order valence-corrected chi connectivity index (χ3v) is 4.45. The van der Waals surface area contributed by atoms with Crippen LogP contribution in [0.1, 0.15) is 16.9 Å². The maximum absolute atomic E-state index is 9.31. The summed E-state index contributed by atoms with van der Waals surface area (Å²) < 4.78 is 12.7. The van der Waals surface area contributed by atoms with Crippen LogP contribution in [0.2, 0.25) is 0 Å². The zero-order chi connectivity index (χ0) is 17.2. The topological polar surface area (TPSA) is 72.5 Å². The molecule has 0 unspecified atom stereocenters. The van der Waals surface area contributed by atoms with E-state index in [0.29, 0.717) is 13.1 Å². The van der Waals surface area contributed by atoms with Crippen LogP contribution in [0.15, 0.2) is 41.0 Å². The maximum Gasteiger partial charge on any atom is 0.125 e. The molecular weight excluding hydrogens is 318 g/mol. The number of nitrogens with one attached hydrogen (secondary N) is 1. The number of benzene rings is 1. The number of rotatable bonds is 6. The van der Waals surface area contributed by atoms with Crippen molar-refractivity contribution in [2.75, 3.05) is 18.5 Å². The SMILES string of the molecule is Cc1occc1-c1cc(NCc2ccc3c(c2)CCO3)n(CCO)n1. The molecule has 130 valence electrons. The van der Waals surface area contributed by atoms with Gasteiger partial charge in [0.25, 0.3) is 0 Å². The second-order valence-corrected chi connectivity index (χ2v) is 6.15. The Morgan fingerprint density at radius 3 is 3.00 bits per heavy atom. The van der Waals surface area contributed by atoms with Crippen molar-refractivity contribution in [3.8, 4) is 17.0 Å². The van der Waals surface area contributed by atoms with Gasteiger partial charge in [-0.25, -0.2) is 4.68 Å². The van der Waals surface area contributed by atoms with Gasteiger partial charge in [-0.2, -0.15) is 5.10 Å². The van der Waals surface area contributed by atoms with Gasteiger partial charge in [-0.05, 0) is 30.2 Å². The number of anilines is 1. The van der Waals surface area contributed by atoms with Gasteiger partial charge in [0, 0.05) is 24.6 Å². The molecule has 0 saturated carbocycles. The second kappa shape index (κ2) is 6.64. The molecule has 1 aliphatic heterocycles. The van der Waals surface area contributed by atoms with Crippen molar-refractivity contribution in [3.63, 3.8) is 0 Å². The number of hydrogen-bond donors (Lipinski definition) is 2. The summed E-state index contributed by atoms with van der Waals surface area (Å²) in [5, 5.41) is 17.3. The van der Waals surface area contributed by atoms with E-state index in [2.05, 4.69) is 22.5 Å². The monoisotopic (exact) mass is 339 g/mol. The lowest BCUT2D eigenvalue weighted by Gasteiger charge is -2.09. The molecule has 0 amide bonds. The van der Waals surface area contributed by atoms with Crippen molar-refractivity contribution in [3.05, 3.63) is 53.5 Å². The zero-order valence-corrected chi connectivity index (χ0v) is 14.2. The fourth-order valence-corrected chi connectivity index (χ4v) is 3.15. The molecule has 0 radical (unpaired) electrons. The molecule has 3 heterocycles. The van der Waals surface area contributed by atoms with Gasteiger partial charge in [-0.15, -0.1) is 0 Å². The molecule has 0 fully saturated rings. The van der Waals surface area contributed by atoms with E-state index in [9.17, 15) is 5.11 Å². The molecule has 0 saturated heterocycles. The third kappa shape index (κ3) is 3.13. The van der Waals surface area contributed by atoms with Crippen LogP contribution in [0.25, 0.3) is 11.3 Å². The molecule has 2 N–H and O–H groups in total. The predicted molar refractivity (Wildman–Crippen MR) is 94.7 cm³/mol. The normalized spacial score (nSPS) is 12.9. The van der Waals surface area contributed by atoms with Crippen LogP contribution in [-0.2, 0) is 19.5 Å². The fraction of sp³-hybridized carbons (Fsp3) is 0.316. The smallest absolute Gasteiger partial charge is 0.125 e. The van der Waals surface area contributed by atoms with Crippen molar-refractivity contribution in [1.29, 1.82) is 0 Å². The van der Waals surface area contributed by atoms with E-state index in [4.69, 9.17) is 9.15 Å². The van der Waals surface area contributed by atoms with Crippen molar-refractivity contribution in [2.45, 2.75) is 26.4 Å². The van der Waals surface area contributed by atoms with Crippen molar-refractivity contribution in [2.24, 2.45) is 0 Å². The fourth-order valence-electron chi connectivity index (χ4n) is 3.15. The summed E-state index contributed by atoms with van der Waals surface area (Å²) in [6, 6.07) is 10.2. The Labute approximate surface area is 146 Å². The summed E-state index contributed by atoms with van der Waals surface area (Å²) in [4.78, 5) is 0. The summed E-state index contributed by atoms with van der Waals surface area (Å²) in [7, 11) is 0. The lowest BCUT2D eigenvalue weighted by Crippen LogP contribution is -2.10. The number of nitrogens with zero attached hydrogens (tertiary/aromatic N) is 2. The Morgan fingerprint density at radius 1 is 1.28 bits per heavy atom. The number of aliphatic hydroxyl groups is 1. The molecule has 0 bridgehead atoms. The van der Waals surface area contributed by atoms with Gasteiger partial charge in [-0.3, -0.25) is 0 Å². The highest BCUT2D eigenvalue weighted by atomic mass is 16.5. The highest BCUT2D eigenvalue weighted by molar-refractivity contribution is 5.64. The number of furan rings is 1. The van der Waals surface area contributed by atoms with Crippen molar-refractivity contribution < 1.29 is 14.3 Å². The summed E-state index contributed by atoms with van der Waals surface area (Å²) in [5.41, 5.74) is 4.26. The highest BCUT2D eigenvalue weighted by Crippen LogP contribution is 2.28. The molecule has 0 spiro atoms. The molecule has 1 aromatic carbocycles. The molecule has 0 atom stereocenters. The van der Waals surface area contributed by atoms with Gasteiger partial charge in [-0.1, -0.05) is 12.1 Å². The Hall–Kier alpha value is -2.73. The van der Waals surface area contributed by atoms with E-state index in [1.807, 2.05) is 25.1 Å². The van der Waals surface area contributed by atoms with Crippen LogP contribution in [0, 0.1) is 6.92 Å². The van der Waals surface area contributed by atoms with Crippen LogP contribution in [0.4, 0.5) is 5.82 Å². The molecule has 4 rings (SSSR count). The number of hydrogen-bond acceptors (Lipinski definition) is 5. The van der Waals surface area contributed by atoms with Gasteiger partial charge >= 0.3 is 0 Å². The number of ether oxygens (including phenoxy) is 1. The van der Waals surface area contributed by atoms with Crippen LogP contribution >= 0.6 is 0 Å². The lowest BCUT2D eigenvalue weighted by atomic mass is 10.1. The van der Waals surface area contributed by atoms with E-state index >= 15 is 0 Å². The largest absolute Gasteiger partial charge is 0.493 e. The summed E-state index contributed by atoms with van der Waals surface area (Å²) in [6.45, 7) is 3.85. The molecule has 6 heteroatoms. The van der Waals surface area contributed by atoms with Gasteiger partial charge in [0.15, 0.2) is 0 Å². The van der Waals surface area contributed by atoms with Crippen LogP contribution in [0.3, 0.4) is 0 Å². The standard InChI is InChI=1S/C19H21N3O3/c1-13-16(5-9-24-13)17-11-19(22(21-17)6-7-23)20-12-14-2-3-18-15(10-14)4-8-25-18/h2-3,5,9-11,20,23H,4,6-8,12H2,1H3. The van der Waals surface area contributed by atoms with Gasteiger partial charge in [0.05, 0.1) is 31.7 Å². The van der Waals surface area contributed by atoms with Gasteiger partial charge in [0.2, 0.25) is 0 Å². The quantitative estimate of drug-likeness (QED) is 0.722. The summed E-state index contributed by atoms with van der Waals surface area (Å²) in [5.74, 6) is 2.70. The Balaban J connectivity index is 1.55. The van der Waals surface area contributed by atoms with E-state index in [0.717, 1.165) is 41.6 Å². The van der Waals surface area contributed by atoms with Crippen LogP contribution < -0.4 is 10.1 Å². The Morgan fingerprint density at radius 2 is 2.20 bits per heavy atom. The average Bonchev–Trinajstić information content (AvgIpc) is 3.32. The number of aryl methyl sites for hydroxylation is 1. The van der Waals surface area contributed by atoms with Crippen molar-refractivity contribution in [1.82, 2.24) is 9.78 Å². The third-order valence-electron chi connectivity index (χ3n) is 4.45. The molecule has 2 aromatic heterocycles. The molecule has 6 nitrogen and oxygen atoms in total. The highest BCUT2D eigenvalue weighted by Gasteiger charge is 2.14. The minimum Gasteiger partial charge on any atom is -0.493 e. The predicted octanol–water partition coefficient (Wildman–Crippen LogP) is 2.99. The minimum atomic E-state index is 0.0380. The van der Waals surface area contributed by atoms with Crippen LogP contribution in [0.5, 0.6) is 5.75 Å². The first kappa shape index (κ1) is 15.8. The molecular formula is C19H21N3O3. The number of aliphatic hydroxyl groups excluding tert-OH is 1. The average molecular weight is 339 g/mol. The first-order valence-electron chi connectivity index (χ1n) is 8.46. The minimum absolute atomic E-state index is 0.0380. The zero-order valence-electron chi connectivity index (χ0n) is 14.2. The number of fused-ring (bicyclic) bond motifs is 1. The van der Waals surface area contributed by atoms with E-state index in [-0.39, 0.29) is 6.61 Å². The van der Waals surface area contributed by atoms with E-state index in [1.54, 1.807) is 10.9 Å². The molecule has 3 aromatic rings. The summed E-state index contributed by atoms with van der Waals surface area (Å²) in [6.07, 6.45) is 2.63. The maximum atomic E-state index is 9.31. The first-order chi connectivity index (χ1) is 12.2. The van der Waals surface area contributed by atoms with Crippen molar-refractivity contribution >= 4 is 5.82 Å². The molecule has 0 aliphatic carbocycles. The Kier molecular flexibility index (Phi) is 4.19. The molecule has 25 heavy (non-hydrogen) atoms. The van der Waals surface area contributed by atoms with Crippen LogP contribution in [-0.4, -0.2) is 28.1 Å². The number of aromatic nitrogens is 2. The second-order valence-electron chi connectivity index (χ2n) is 6.15. The van der Waals surface area contributed by atoms with E-state index in [1.165, 1.54) is 11.1 Å². The van der Waals surface area contributed by atoms with Gasteiger partial charge < -0.3 is 19.6 Å². The lowest BCUT2D eigenvalue weighted by molar-refractivity contribution is 0.270. The summed E-state index contributed by atoms with van der Waals surface area (Å²) >= 11 is 0.